The van der Waals surface area contributed by atoms with Gasteiger partial charge in [-0.2, -0.15) is 5.26 Å². The maximum Gasteiger partial charge on any atom is 0.230 e. The van der Waals surface area contributed by atoms with Crippen molar-refractivity contribution in [2.75, 3.05) is 13.1 Å². The van der Waals surface area contributed by atoms with E-state index in [1.807, 2.05) is 13.0 Å². The largest absolute Gasteiger partial charge is 0.230 e. The molecule has 1 unspecified atom stereocenters. The first-order valence-electron chi connectivity index (χ1n) is 4.93. The third kappa shape index (κ3) is 2.96. The van der Waals surface area contributed by atoms with Crippen LogP contribution in [0.25, 0.3) is 0 Å². The normalized spacial score (nSPS) is 13.9. The summed E-state index contributed by atoms with van der Waals surface area (Å²) in [5.74, 6) is 0. The Bertz CT molecular complexity index is 292. The minimum Gasteiger partial charge on any atom is -0.211 e. The monoisotopic (exact) mass is 218 g/mol. The summed E-state index contributed by atoms with van der Waals surface area (Å²) < 4.78 is 25.0. The minimum absolute atomic E-state index is 0.346. The summed E-state index contributed by atoms with van der Waals surface area (Å²) in [6.45, 7) is 6.36. The van der Waals surface area contributed by atoms with Crippen molar-refractivity contribution >= 4 is 10.0 Å². The van der Waals surface area contributed by atoms with Crippen LogP contribution in [0.4, 0.5) is 0 Å². The van der Waals surface area contributed by atoms with Crippen LogP contribution in [-0.4, -0.2) is 31.1 Å². The summed E-state index contributed by atoms with van der Waals surface area (Å²) in [6.07, 6.45) is 1.12. The Balaban J connectivity index is 4.82. The summed E-state index contributed by atoms with van der Waals surface area (Å²) >= 11 is 0. The molecule has 82 valence electrons. The molecule has 0 aliphatic carbocycles. The highest BCUT2D eigenvalue weighted by atomic mass is 32.2. The number of nitriles is 1. The van der Waals surface area contributed by atoms with Crippen LogP contribution in [-0.2, 0) is 10.0 Å². The van der Waals surface area contributed by atoms with Gasteiger partial charge in [0.15, 0.2) is 5.25 Å². The Morgan fingerprint density at radius 3 is 2.21 bits per heavy atom. The molecule has 0 N–H and O–H groups in total. The molecule has 0 heterocycles. The number of hydrogen-bond donors (Lipinski definition) is 0. The van der Waals surface area contributed by atoms with Gasteiger partial charge < -0.3 is 0 Å². The SMILES string of the molecule is CCCN(CC)S(=O)(=O)C(C#N)CC. The van der Waals surface area contributed by atoms with Crippen molar-refractivity contribution in [3.63, 3.8) is 0 Å². The highest BCUT2D eigenvalue weighted by Gasteiger charge is 2.28. The predicted molar refractivity (Wildman–Crippen MR) is 56.1 cm³/mol. The molecule has 1 atom stereocenters. The van der Waals surface area contributed by atoms with Crippen LogP contribution in [0.5, 0.6) is 0 Å². The van der Waals surface area contributed by atoms with Crippen molar-refractivity contribution in [3.05, 3.63) is 0 Å². The summed E-state index contributed by atoms with van der Waals surface area (Å²) in [4.78, 5) is 0. The Morgan fingerprint density at radius 1 is 1.36 bits per heavy atom. The van der Waals surface area contributed by atoms with E-state index in [0.29, 0.717) is 19.5 Å². The molecule has 5 heteroatoms. The molecule has 0 fully saturated rings. The minimum atomic E-state index is -3.40. The lowest BCUT2D eigenvalue weighted by molar-refractivity contribution is 0.422. The topological polar surface area (TPSA) is 61.2 Å². The quantitative estimate of drug-likeness (QED) is 0.676. The standard InChI is InChI=1S/C9H18N2O2S/c1-4-7-11(6-3)14(12,13)9(5-2)8-10/h9H,4-7H2,1-3H3. The summed E-state index contributed by atoms with van der Waals surface area (Å²) in [7, 11) is -3.40. The van der Waals surface area contributed by atoms with Crippen molar-refractivity contribution in [1.29, 1.82) is 5.26 Å². The number of rotatable bonds is 6. The predicted octanol–water partition coefficient (Wildman–Crippen LogP) is 1.35. The fraction of sp³-hybridized carbons (Fsp3) is 0.889. The smallest absolute Gasteiger partial charge is 0.211 e. The average Bonchev–Trinajstić information content (AvgIpc) is 2.15. The molecule has 0 spiro atoms. The van der Waals surface area contributed by atoms with E-state index < -0.39 is 15.3 Å². The Hall–Kier alpha value is -0.600. The van der Waals surface area contributed by atoms with Crippen LogP contribution in [0.15, 0.2) is 0 Å². The second-order valence-corrected chi connectivity index (χ2v) is 5.18. The Kier molecular flexibility index (Phi) is 5.73. The van der Waals surface area contributed by atoms with Crippen LogP contribution < -0.4 is 0 Å². The van der Waals surface area contributed by atoms with E-state index in [-0.39, 0.29) is 0 Å². The highest BCUT2D eigenvalue weighted by Crippen LogP contribution is 2.11. The van der Waals surface area contributed by atoms with Crippen molar-refractivity contribution in [2.45, 2.75) is 38.9 Å². The Labute approximate surface area is 86.6 Å². The van der Waals surface area contributed by atoms with Gasteiger partial charge in [-0.1, -0.05) is 20.8 Å². The zero-order valence-electron chi connectivity index (χ0n) is 9.02. The van der Waals surface area contributed by atoms with Crippen molar-refractivity contribution < 1.29 is 8.42 Å². The molecule has 0 radical (unpaired) electrons. The molecule has 14 heavy (non-hydrogen) atoms. The third-order valence-corrected chi connectivity index (χ3v) is 4.38. The third-order valence-electron chi connectivity index (χ3n) is 2.06. The fourth-order valence-corrected chi connectivity index (χ4v) is 2.97. The van der Waals surface area contributed by atoms with E-state index in [2.05, 4.69) is 0 Å². The second kappa shape index (κ2) is 5.99. The summed E-state index contributed by atoms with van der Waals surface area (Å²) in [5, 5.41) is 7.82. The lowest BCUT2D eigenvalue weighted by Crippen LogP contribution is -2.38. The molecule has 0 bridgehead atoms. The van der Waals surface area contributed by atoms with Gasteiger partial charge in [0.1, 0.15) is 0 Å². The van der Waals surface area contributed by atoms with Gasteiger partial charge in [-0.15, -0.1) is 0 Å². The van der Waals surface area contributed by atoms with Gasteiger partial charge in [-0.05, 0) is 12.8 Å². The number of hydrogen-bond acceptors (Lipinski definition) is 3. The maximum absolute atomic E-state index is 11.8. The molecule has 0 aromatic carbocycles. The first kappa shape index (κ1) is 13.4. The van der Waals surface area contributed by atoms with Gasteiger partial charge in [0.05, 0.1) is 6.07 Å². The van der Waals surface area contributed by atoms with Gasteiger partial charge >= 0.3 is 0 Å². The van der Waals surface area contributed by atoms with Crippen LogP contribution in [0.2, 0.25) is 0 Å². The van der Waals surface area contributed by atoms with E-state index in [9.17, 15) is 8.42 Å². The van der Waals surface area contributed by atoms with Crippen molar-refractivity contribution in [1.82, 2.24) is 4.31 Å². The van der Waals surface area contributed by atoms with E-state index in [1.165, 1.54) is 4.31 Å². The molecule has 0 rings (SSSR count). The van der Waals surface area contributed by atoms with Crippen LogP contribution in [0, 0.1) is 11.3 Å². The Morgan fingerprint density at radius 2 is 1.93 bits per heavy atom. The van der Waals surface area contributed by atoms with E-state index in [0.717, 1.165) is 6.42 Å². The first-order valence-corrected chi connectivity index (χ1v) is 6.43. The van der Waals surface area contributed by atoms with Crippen LogP contribution in [0.3, 0.4) is 0 Å². The zero-order valence-corrected chi connectivity index (χ0v) is 9.84. The van der Waals surface area contributed by atoms with Crippen LogP contribution in [0.1, 0.15) is 33.6 Å². The molecular formula is C9H18N2O2S. The molecule has 0 aromatic rings. The van der Waals surface area contributed by atoms with Gasteiger partial charge in [0.25, 0.3) is 0 Å². The average molecular weight is 218 g/mol. The van der Waals surface area contributed by atoms with Crippen molar-refractivity contribution in [2.24, 2.45) is 0 Å². The maximum atomic E-state index is 11.8. The first-order chi connectivity index (χ1) is 6.54. The fourth-order valence-electron chi connectivity index (χ4n) is 1.26. The number of nitrogens with zero attached hydrogens (tertiary/aromatic N) is 2. The zero-order chi connectivity index (χ0) is 11.2. The molecule has 0 aliphatic heterocycles. The second-order valence-electron chi connectivity index (χ2n) is 3.06. The van der Waals surface area contributed by atoms with Gasteiger partial charge in [0.2, 0.25) is 10.0 Å². The van der Waals surface area contributed by atoms with Gasteiger partial charge in [-0.3, -0.25) is 0 Å². The van der Waals surface area contributed by atoms with E-state index in [4.69, 9.17) is 5.26 Å². The molecule has 0 aliphatic rings. The molecule has 0 saturated carbocycles. The molecule has 4 nitrogen and oxygen atoms in total. The van der Waals surface area contributed by atoms with Crippen LogP contribution >= 0.6 is 0 Å². The molecule has 0 saturated heterocycles. The lowest BCUT2D eigenvalue weighted by atomic mass is 10.4. The van der Waals surface area contributed by atoms with E-state index in [1.54, 1.807) is 13.8 Å². The molecule has 0 aromatic heterocycles. The lowest BCUT2D eigenvalue weighted by Gasteiger charge is -2.21. The van der Waals surface area contributed by atoms with Gasteiger partial charge in [0, 0.05) is 13.1 Å². The molecular weight excluding hydrogens is 200 g/mol. The molecule has 0 amide bonds. The number of sulfonamides is 1. The summed E-state index contributed by atoms with van der Waals surface area (Å²) in [5.41, 5.74) is 0. The summed E-state index contributed by atoms with van der Waals surface area (Å²) in [6, 6.07) is 1.84. The van der Waals surface area contributed by atoms with E-state index >= 15 is 0 Å². The van der Waals surface area contributed by atoms with Crippen molar-refractivity contribution in [3.8, 4) is 6.07 Å². The van der Waals surface area contributed by atoms with Gasteiger partial charge in [-0.25, -0.2) is 12.7 Å². The highest BCUT2D eigenvalue weighted by molar-refractivity contribution is 7.90.